The molecular weight excluding hydrogens is 298 g/mol. The van der Waals surface area contributed by atoms with E-state index in [1.807, 2.05) is 0 Å². The fourth-order valence-electron chi connectivity index (χ4n) is 2.81. The molecule has 8 nitrogen and oxygen atoms in total. The summed E-state index contributed by atoms with van der Waals surface area (Å²) in [5.41, 5.74) is 10.4. The highest BCUT2D eigenvalue weighted by Gasteiger charge is 2.23. The van der Waals surface area contributed by atoms with Crippen molar-refractivity contribution >= 4 is 17.8 Å². The first-order valence-corrected chi connectivity index (χ1v) is 7.62. The fourth-order valence-corrected chi connectivity index (χ4v) is 2.81. The van der Waals surface area contributed by atoms with E-state index in [1.165, 1.54) is 0 Å². The number of nitrogens with two attached hydrogens (primary N) is 2. The van der Waals surface area contributed by atoms with Gasteiger partial charge in [-0.05, 0) is 30.9 Å². The molecular formula is C15H23N5O3. The lowest BCUT2D eigenvalue weighted by molar-refractivity contribution is -0.119. The minimum absolute atomic E-state index is 0.135. The molecule has 2 amide bonds. The van der Waals surface area contributed by atoms with Gasteiger partial charge in [0.2, 0.25) is 5.91 Å². The van der Waals surface area contributed by atoms with Crippen molar-refractivity contribution in [3.8, 4) is 0 Å². The van der Waals surface area contributed by atoms with Crippen LogP contribution in [-0.2, 0) is 11.3 Å². The predicted molar refractivity (Wildman–Crippen MR) is 85.5 cm³/mol. The highest BCUT2D eigenvalue weighted by molar-refractivity contribution is 5.89. The minimum atomic E-state index is -0.592. The summed E-state index contributed by atoms with van der Waals surface area (Å²) in [6.07, 6.45) is 2.38. The number of primary amides is 2. The van der Waals surface area contributed by atoms with E-state index in [0.29, 0.717) is 18.7 Å². The highest BCUT2D eigenvalue weighted by atomic mass is 16.3. The van der Waals surface area contributed by atoms with Crippen LogP contribution in [0.2, 0.25) is 0 Å². The van der Waals surface area contributed by atoms with Crippen LogP contribution in [0.25, 0.3) is 0 Å². The minimum Gasteiger partial charge on any atom is -0.454 e. The fraction of sp³-hybridized carbons (Fsp3) is 0.533. The van der Waals surface area contributed by atoms with Crippen molar-refractivity contribution in [3.05, 3.63) is 23.7 Å². The van der Waals surface area contributed by atoms with Gasteiger partial charge in [0.05, 0.1) is 6.54 Å². The van der Waals surface area contributed by atoms with E-state index in [-0.39, 0.29) is 17.6 Å². The predicted octanol–water partition coefficient (Wildman–Crippen LogP) is 0.0413. The van der Waals surface area contributed by atoms with E-state index in [1.54, 1.807) is 19.2 Å². The number of guanidine groups is 1. The molecule has 8 heteroatoms. The number of piperidine rings is 1. The van der Waals surface area contributed by atoms with Crippen molar-refractivity contribution in [2.45, 2.75) is 25.8 Å². The Balaban J connectivity index is 1.91. The van der Waals surface area contributed by atoms with Crippen LogP contribution < -0.4 is 16.8 Å². The van der Waals surface area contributed by atoms with Gasteiger partial charge < -0.3 is 26.1 Å². The van der Waals surface area contributed by atoms with Gasteiger partial charge in [0.15, 0.2) is 11.7 Å². The molecule has 0 aliphatic carbocycles. The van der Waals surface area contributed by atoms with E-state index >= 15 is 0 Å². The third-order valence-corrected chi connectivity index (χ3v) is 3.85. The van der Waals surface area contributed by atoms with E-state index in [0.717, 1.165) is 31.9 Å². The molecule has 1 atom stereocenters. The molecule has 5 N–H and O–H groups in total. The van der Waals surface area contributed by atoms with Crippen LogP contribution >= 0.6 is 0 Å². The number of nitrogens with zero attached hydrogens (tertiary/aromatic N) is 2. The van der Waals surface area contributed by atoms with Gasteiger partial charge in [0, 0.05) is 26.6 Å². The Bertz CT molecular complexity index is 596. The zero-order valence-corrected chi connectivity index (χ0v) is 13.2. The molecule has 2 rings (SSSR count). The molecule has 0 aromatic carbocycles. The Morgan fingerprint density at radius 3 is 2.83 bits per heavy atom. The van der Waals surface area contributed by atoms with Crippen LogP contribution in [0.15, 0.2) is 21.5 Å². The van der Waals surface area contributed by atoms with Gasteiger partial charge in [0.25, 0.3) is 5.91 Å². The molecule has 0 radical (unpaired) electrons. The third kappa shape index (κ3) is 4.73. The molecule has 0 spiro atoms. The summed E-state index contributed by atoms with van der Waals surface area (Å²) in [5.74, 6) is 0.864. The summed E-state index contributed by atoms with van der Waals surface area (Å²) in [6, 6.07) is 3.25. The van der Waals surface area contributed by atoms with Crippen molar-refractivity contribution in [1.29, 1.82) is 0 Å². The zero-order chi connectivity index (χ0) is 16.8. The summed E-state index contributed by atoms with van der Waals surface area (Å²) in [6.45, 7) is 2.02. The van der Waals surface area contributed by atoms with Crippen molar-refractivity contribution in [2.24, 2.45) is 22.4 Å². The van der Waals surface area contributed by atoms with Crippen molar-refractivity contribution in [1.82, 2.24) is 10.2 Å². The van der Waals surface area contributed by atoms with Crippen LogP contribution in [0, 0.1) is 5.92 Å². The first-order chi connectivity index (χ1) is 11.0. The lowest BCUT2D eigenvalue weighted by atomic mass is 9.95. The number of carbonyl (C=O) groups is 2. The van der Waals surface area contributed by atoms with Crippen LogP contribution in [0.1, 0.15) is 35.6 Å². The number of furan rings is 1. The van der Waals surface area contributed by atoms with Gasteiger partial charge >= 0.3 is 0 Å². The van der Waals surface area contributed by atoms with E-state index in [2.05, 4.69) is 15.2 Å². The summed E-state index contributed by atoms with van der Waals surface area (Å²) in [5, 5.41) is 3.20. The number of hydrogen-bond donors (Lipinski definition) is 3. The second kappa shape index (κ2) is 7.66. The van der Waals surface area contributed by atoms with E-state index < -0.39 is 5.91 Å². The molecule has 1 aromatic rings. The largest absolute Gasteiger partial charge is 0.454 e. The van der Waals surface area contributed by atoms with Crippen LogP contribution in [0.4, 0.5) is 0 Å². The molecule has 126 valence electrons. The molecule has 1 unspecified atom stereocenters. The quantitative estimate of drug-likeness (QED) is 0.521. The first kappa shape index (κ1) is 16.9. The Hall–Kier alpha value is -2.51. The zero-order valence-electron chi connectivity index (χ0n) is 13.2. The van der Waals surface area contributed by atoms with Crippen molar-refractivity contribution in [3.63, 3.8) is 0 Å². The summed E-state index contributed by atoms with van der Waals surface area (Å²) in [7, 11) is 1.71. The summed E-state index contributed by atoms with van der Waals surface area (Å²) < 4.78 is 5.33. The molecule has 0 saturated carbocycles. The lowest BCUT2D eigenvalue weighted by Crippen LogP contribution is -2.46. The number of likely N-dealkylation sites (tertiary alicyclic amines) is 1. The topological polar surface area (TPSA) is 127 Å². The molecule has 1 aliphatic rings. The van der Waals surface area contributed by atoms with Gasteiger partial charge in [-0.2, -0.15) is 0 Å². The second-order valence-corrected chi connectivity index (χ2v) is 5.66. The molecule has 1 aromatic heterocycles. The number of aliphatic imine (C=N–C) groups is 1. The monoisotopic (exact) mass is 321 g/mol. The van der Waals surface area contributed by atoms with Crippen LogP contribution in [0.5, 0.6) is 0 Å². The highest BCUT2D eigenvalue weighted by Crippen LogP contribution is 2.19. The van der Waals surface area contributed by atoms with Gasteiger partial charge in [-0.15, -0.1) is 0 Å². The number of rotatable bonds is 5. The van der Waals surface area contributed by atoms with Crippen LogP contribution in [0.3, 0.4) is 0 Å². The summed E-state index contributed by atoms with van der Waals surface area (Å²) >= 11 is 0. The Morgan fingerprint density at radius 1 is 1.43 bits per heavy atom. The SMILES string of the molecule is CN=C(NCc1ccc(C(N)=O)o1)N1CCCC(CC(N)=O)C1. The van der Waals surface area contributed by atoms with Crippen molar-refractivity contribution < 1.29 is 14.0 Å². The maximum absolute atomic E-state index is 11.1. The number of carbonyl (C=O) groups excluding carboxylic acids is 2. The Labute approximate surface area is 134 Å². The Morgan fingerprint density at radius 2 is 2.22 bits per heavy atom. The van der Waals surface area contributed by atoms with Gasteiger partial charge in [0.1, 0.15) is 5.76 Å². The first-order valence-electron chi connectivity index (χ1n) is 7.62. The maximum Gasteiger partial charge on any atom is 0.284 e. The molecule has 1 aliphatic heterocycles. The average molecular weight is 321 g/mol. The molecule has 0 bridgehead atoms. The summed E-state index contributed by atoms with van der Waals surface area (Å²) in [4.78, 5) is 28.5. The van der Waals surface area contributed by atoms with Gasteiger partial charge in [-0.3, -0.25) is 14.6 Å². The second-order valence-electron chi connectivity index (χ2n) is 5.66. The van der Waals surface area contributed by atoms with Gasteiger partial charge in [-0.25, -0.2) is 0 Å². The number of nitrogens with one attached hydrogen (secondary N) is 1. The van der Waals surface area contributed by atoms with Crippen LogP contribution in [-0.4, -0.2) is 42.8 Å². The molecule has 2 heterocycles. The van der Waals surface area contributed by atoms with Crippen molar-refractivity contribution in [2.75, 3.05) is 20.1 Å². The normalized spacial score (nSPS) is 18.7. The maximum atomic E-state index is 11.1. The van der Waals surface area contributed by atoms with E-state index in [4.69, 9.17) is 15.9 Å². The third-order valence-electron chi connectivity index (χ3n) is 3.85. The number of hydrogen-bond acceptors (Lipinski definition) is 4. The standard InChI is InChI=1S/C15H23N5O3/c1-18-15(19-8-11-4-5-12(23-11)14(17)22)20-6-2-3-10(9-20)7-13(16)21/h4-5,10H,2-3,6-9H2,1H3,(H2,16,21)(H2,17,22)(H,18,19). The Kier molecular flexibility index (Phi) is 5.61. The van der Waals surface area contributed by atoms with Gasteiger partial charge in [-0.1, -0.05) is 0 Å². The molecule has 23 heavy (non-hydrogen) atoms. The lowest BCUT2D eigenvalue weighted by Gasteiger charge is -2.34. The molecule has 1 fully saturated rings. The van der Waals surface area contributed by atoms with E-state index in [9.17, 15) is 9.59 Å². The smallest absolute Gasteiger partial charge is 0.284 e. The number of amides is 2. The average Bonchev–Trinajstić information content (AvgIpc) is 2.97. The molecule has 1 saturated heterocycles.